The first-order valence-electron chi connectivity index (χ1n) is 4.24. The van der Waals surface area contributed by atoms with Gasteiger partial charge in [-0.3, -0.25) is 9.20 Å². The van der Waals surface area contributed by atoms with E-state index in [0.29, 0.717) is 0 Å². The van der Waals surface area contributed by atoms with Crippen molar-refractivity contribution in [2.45, 2.75) is 6.18 Å². The Morgan fingerprint density at radius 2 is 2.00 bits per heavy atom. The predicted molar refractivity (Wildman–Crippen MR) is 50.9 cm³/mol. The molecule has 0 aliphatic carbocycles. The molecule has 84 valence electrons. The maximum Gasteiger partial charge on any atom is 0.416 e. The van der Waals surface area contributed by atoms with Gasteiger partial charge in [-0.25, -0.2) is 4.98 Å². The van der Waals surface area contributed by atoms with E-state index in [4.69, 9.17) is 5.73 Å². The number of nitrogens with zero attached hydrogens (tertiary/aromatic N) is 2. The first-order valence-corrected chi connectivity index (χ1v) is 4.24. The number of rotatable bonds is 0. The van der Waals surface area contributed by atoms with Crippen LogP contribution >= 0.6 is 0 Å². The van der Waals surface area contributed by atoms with Crippen molar-refractivity contribution in [2.24, 2.45) is 0 Å². The maximum atomic E-state index is 12.4. The summed E-state index contributed by atoms with van der Waals surface area (Å²) in [6, 6.07) is 2.63. The van der Waals surface area contributed by atoms with E-state index in [1.165, 1.54) is 0 Å². The number of nitrogens with two attached hydrogens (primary N) is 1. The van der Waals surface area contributed by atoms with Gasteiger partial charge in [-0.15, -0.1) is 0 Å². The Bertz CT molecular complexity index is 603. The van der Waals surface area contributed by atoms with E-state index in [1.807, 2.05) is 0 Å². The molecule has 16 heavy (non-hydrogen) atoms. The van der Waals surface area contributed by atoms with Gasteiger partial charge < -0.3 is 5.73 Å². The Morgan fingerprint density at radius 3 is 2.62 bits per heavy atom. The van der Waals surface area contributed by atoms with E-state index < -0.39 is 17.3 Å². The summed E-state index contributed by atoms with van der Waals surface area (Å²) in [6.07, 6.45) is -3.45. The highest BCUT2D eigenvalue weighted by Crippen LogP contribution is 2.29. The average molecular weight is 229 g/mol. The van der Waals surface area contributed by atoms with Crippen LogP contribution in [0.1, 0.15) is 5.56 Å². The summed E-state index contributed by atoms with van der Waals surface area (Å²) in [4.78, 5) is 15.0. The summed E-state index contributed by atoms with van der Waals surface area (Å²) in [5, 5.41) is 0. The van der Waals surface area contributed by atoms with Gasteiger partial charge in [-0.05, 0) is 12.1 Å². The van der Waals surface area contributed by atoms with Gasteiger partial charge in [-0.2, -0.15) is 13.2 Å². The highest BCUT2D eigenvalue weighted by Gasteiger charge is 2.30. The number of aromatic nitrogens is 2. The van der Waals surface area contributed by atoms with E-state index in [-0.39, 0.29) is 11.5 Å². The molecule has 0 unspecified atom stereocenters. The third-order valence-electron chi connectivity index (χ3n) is 2.01. The average Bonchev–Trinajstić information content (AvgIpc) is 2.15. The van der Waals surface area contributed by atoms with Gasteiger partial charge in [-0.1, -0.05) is 0 Å². The number of alkyl halides is 3. The third kappa shape index (κ3) is 1.71. The first-order chi connectivity index (χ1) is 7.38. The van der Waals surface area contributed by atoms with Crippen LogP contribution in [-0.2, 0) is 6.18 Å². The minimum absolute atomic E-state index is 0.107. The molecule has 0 aliphatic rings. The van der Waals surface area contributed by atoms with Crippen LogP contribution in [0.3, 0.4) is 0 Å². The van der Waals surface area contributed by atoms with Gasteiger partial charge in [0.05, 0.1) is 5.56 Å². The highest BCUT2D eigenvalue weighted by molar-refractivity contribution is 5.46. The van der Waals surface area contributed by atoms with Crippen molar-refractivity contribution in [2.75, 3.05) is 5.73 Å². The van der Waals surface area contributed by atoms with Crippen LogP contribution in [0, 0.1) is 0 Å². The second-order valence-electron chi connectivity index (χ2n) is 3.16. The molecule has 0 atom stereocenters. The van der Waals surface area contributed by atoms with E-state index in [2.05, 4.69) is 4.98 Å². The predicted octanol–water partition coefficient (Wildman–Crippen LogP) is 1.30. The molecule has 0 aliphatic heterocycles. The molecule has 0 aromatic carbocycles. The normalized spacial score (nSPS) is 11.9. The number of fused-ring (bicyclic) bond motifs is 1. The lowest BCUT2D eigenvalue weighted by Gasteiger charge is -2.07. The van der Waals surface area contributed by atoms with Crippen molar-refractivity contribution in [3.05, 3.63) is 40.3 Å². The zero-order valence-electron chi connectivity index (χ0n) is 7.82. The first kappa shape index (κ1) is 10.5. The van der Waals surface area contributed by atoms with Gasteiger partial charge >= 0.3 is 6.18 Å². The Labute approximate surface area is 87.1 Å². The molecule has 2 rings (SSSR count). The van der Waals surface area contributed by atoms with Crippen LogP contribution in [0.5, 0.6) is 0 Å². The lowest BCUT2D eigenvalue weighted by atomic mass is 10.2. The summed E-state index contributed by atoms with van der Waals surface area (Å²) >= 11 is 0. The van der Waals surface area contributed by atoms with Crippen molar-refractivity contribution in [1.29, 1.82) is 0 Å². The largest absolute Gasteiger partial charge is 0.416 e. The van der Waals surface area contributed by atoms with Crippen molar-refractivity contribution in [3.8, 4) is 0 Å². The van der Waals surface area contributed by atoms with Crippen molar-refractivity contribution < 1.29 is 13.2 Å². The fourth-order valence-electron chi connectivity index (χ4n) is 1.30. The topological polar surface area (TPSA) is 60.4 Å². The van der Waals surface area contributed by atoms with E-state index >= 15 is 0 Å². The molecule has 7 heteroatoms. The van der Waals surface area contributed by atoms with E-state index in [9.17, 15) is 18.0 Å². The van der Waals surface area contributed by atoms with Crippen LogP contribution in [0.2, 0.25) is 0 Å². The molecule has 0 bridgehead atoms. The van der Waals surface area contributed by atoms with Crippen LogP contribution in [0.25, 0.3) is 5.65 Å². The summed E-state index contributed by atoms with van der Waals surface area (Å²) < 4.78 is 38.1. The fourth-order valence-corrected chi connectivity index (χ4v) is 1.30. The third-order valence-corrected chi connectivity index (χ3v) is 2.01. The fraction of sp³-hybridized carbons (Fsp3) is 0.111. The second-order valence-corrected chi connectivity index (χ2v) is 3.16. The van der Waals surface area contributed by atoms with Crippen LogP contribution < -0.4 is 11.3 Å². The summed E-state index contributed by atoms with van der Waals surface area (Å²) in [7, 11) is 0. The van der Waals surface area contributed by atoms with E-state index in [1.54, 1.807) is 0 Å². The minimum Gasteiger partial charge on any atom is -0.383 e. The standard InChI is InChI=1S/C9H6F3N3O/c10-9(11,12)5-1-2-15-7(3-5)14-6(13)4-8(15)16/h1-4H,13H2. The second kappa shape index (κ2) is 3.22. The Kier molecular flexibility index (Phi) is 2.11. The molecular weight excluding hydrogens is 223 g/mol. The van der Waals surface area contributed by atoms with Crippen LogP contribution in [0.15, 0.2) is 29.2 Å². The van der Waals surface area contributed by atoms with Crippen LogP contribution in [-0.4, -0.2) is 9.38 Å². The van der Waals surface area contributed by atoms with Gasteiger partial charge in [0.25, 0.3) is 5.56 Å². The summed E-state index contributed by atoms with van der Waals surface area (Å²) in [6.45, 7) is 0. The molecule has 0 fully saturated rings. The Morgan fingerprint density at radius 1 is 1.31 bits per heavy atom. The number of halogens is 3. The number of hydrogen-bond acceptors (Lipinski definition) is 3. The molecule has 2 heterocycles. The molecule has 4 nitrogen and oxygen atoms in total. The molecular formula is C9H6F3N3O. The lowest BCUT2D eigenvalue weighted by molar-refractivity contribution is -0.137. The van der Waals surface area contributed by atoms with Gasteiger partial charge in [0.15, 0.2) is 0 Å². The van der Waals surface area contributed by atoms with Gasteiger partial charge in [0.2, 0.25) is 0 Å². The minimum atomic E-state index is -4.47. The molecule has 0 saturated heterocycles. The van der Waals surface area contributed by atoms with Crippen molar-refractivity contribution in [1.82, 2.24) is 9.38 Å². The molecule has 2 aromatic rings. The number of pyridine rings is 1. The molecule has 2 N–H and O–H groups in total. The van der Waals surface area contributed by atoms with Crippen LogP contribution in [0.4, 0.5) is 19.0 Å². The molecule has 0 saturated carbocycles. The summed E-state index contributed by atoms with van der Waals surface area (Å²) in [5.74, 6) is -0.107. The maximum absolute atomic E-state index is 12.4. The lowest BCUT2D eigenvalue weighted by Crippen LogP contribution is -2.16. The molecule has 0 spiro atoms. The van der Waals surface area contributed by atoms with E-state index in [0.717, 1.165) is 28.8 Å². The Balaban J connectivity index is 2.76. The van der Waals surface area contributed by atoms with Crippen molar-refractivity contribution >= 4 is 11.5 Å². The Hall–Kier alpha value is -2.05. The smallest absolute Gasteiger partial charge is 0.383 e. The summed E-state index contributed by atoms with van der Waals surface area (Å²) in [5.41, 5.74) is 3.77. The number of anilines is 1. The monoisotopic (exact) mass is 229 g/mol. The molecule has 0 radical (unpaired) electrons. The van der Waals surface area contributed by atoms with Gasteiger partial charge in [0, 0.05) is 12.3 Å². The highest BCUT2D eigenvalue weighted by atomic mass is 19.4. The molecule has 0 amide bonds. The number of hydrogen-bond donors (Lipinski definition) is 1. The quantitative estimate of drug-likeness (QED) is 0.740. The molecule has 2 aromatic heterocycles. The van der Waals surface area contributed by atoms with Crippen molar-refractivity contribution in [3.63, 3.8) is 0 Å². The van der Waals surface area contributed by atoms with Gasteiger partial charge in [0.1, 0.15) is 11.5 Å². The SMILES string of the molecule is Nc1cc(=O)n2ccc(C(F)(F)F)cc2n1. The number of nitrogen functional groups attached to an aromatic ring is 1. The zero-order valence-corrected chi connectivity index (χ0v) is 7.82. The zero-order chi connectivity index (χ0) is 11.9.